The molecule has 0 aliphatic heterocycles. The highest BCUT2D eigenvalue weighted by Gasteiger charge is 2.41. The molecule has 0 heteroatoms. The Balaban J connectivity index is 3.37. The summed E-state index contributed by atoms with van der Waals surface area (Å²) in [6.45, 7) is 61.0. The quantitative estimate of drug-likeness (QED) is 0.312. The average Bonchev–Trinajstić information content (AvgIpc) is 2.76. The van der Waals surface area contributed by atoms with Crippen LogP contribution in [-0.2, 0) is 49.7 Å². The van der Waals surface area contributed by atoms with E-state index in [1.54, 1.807) is 33.4 Å². The molecule has 2 rings (SSSR count). The Morgan fingerprint density at radius 1 is 0.340 bits per heavy atom. The molecule has 0 bridgehead atoms. The first-order chi connectivity index (χ1) is 20.3. The molecule has 0 amide bonds. The highest BCUT2D eigenvalue weighted by atomic mass is 14.4. The summed E-state index contributed by atoms with van der Waals surface area (Å²) in [5.74, 6) is 0.351. The van der Waals surface area contributed by atoms with Gasteiger partial charge in [-0.3, -0.25) is 0 Å². The van der Waals surface area contributed by atoms with Crippen LogP contribution >= 0.6 is 0 Å². The van der Waals surface area contributed by atoms with Gasteiger partial charge in [-0.25, -0.2) is 0 Å². The predicted octanol–water partition coefficient (Wildman–Crippen LogP) is 14.4. The molecule has 0 radical (unpaired) electrons. The molecule has 0 aliphatic carbocycles. The van der Waals surface area contributed by atoms with Gasteiger partial charge < -0.3 is 0 Å². The van der Waals surface area contributed by atoms with Crippen molar-refractivity contribution < 1.29 is 0 Å². The van der Waals surface area contributed by atoms with Crippen molar-refractivity contribution in [3.63, 3.8) is 0 Å². The molecule has 47 heavy (non-hydrogen) atoms. The van der Waals surface area contributed by atoms with Crippen LogP contribution in [0, 0.1) is 0 Å². The lowest BCUT2D eigenvalue weighted by atomic mass is 9.61. The molecule has 2 aromatic rings. The van der Waals surface area contributed by atoms with Gasteiger partial charge in [0.15, 0.2) is 0 Å². The van der Waals surface area contributed by atoms with Crippen molar-refractivity contribution >= 4 is 0 Å². The van der Waals surface area contributed by atoms with E-state index in [0.29, 0.717) is 5.92 Å². The Morgan fingerprint density at radius 2 is 0.617 bits per heavy atom. The molecule has 268 valence electrons. The molecule has 1 unspecified atom stereocenters. The van der Waals surface area contributed by atoms with Gasteiger partial charge in [-0.05, 0) is 111 Å². The van der Waals surface area contributed by atoms with Crippen molar-refractivity contribution in [1.29, 1.82) is 0 Å². The van der Waals surface area contributed by atoms with Crippen LogP contribution in [0.1, 0.15) is 235 Å². The van der Waals surface area contributed by atoms with Crippen LogP contribution in [0.4, 0.5) is 0 Å². The average molecular weight is 645 g/mol. The van der Waals surface area contributed by atoms with E-state index in [9.17, 15) is 0 Å². The van der Waals surface area contributed by atoms with Crippen LogP contribution in [0.5, 0.6) is 0 Å². The summed E-state index contributed by atoms with van der Waals surface area (Å²) < 4.78 is 0. The Labute approximate surface area is 295 Å². The van der Waals surface area contributed by atoms with E-state index in [4.69, 9.17) is 0 Å². The van der Waals surface area contributed by atoms with E-state index >= 15 is 0 Å². The van der Waals surface area contributed by atoms with Crippen LogP contribution in [-0.4, -0.2) is 0 Å². The van der Waals surface area contributed by atoms with E-state index < -0.39 is 0 Å². The van der Waals surface area contributed by atoms with Crippen molar-refractivity contribution in [2.75, 3.05) is 0 Å². The standard InChI is InChI=1S/C47H80/c1-29(35-32(41(5,6)7)28-34(43(11,12)13)38(46(20,21)22)39(35)47(23,24)25)26-30-31(40(2,3)4)27-33(42(8,9)10)37(45(17,18)19)36(30)44(14,15)16/h27-29H,26H2,1-25H3. The largest absolute Gasteiger partial charge is 0.0581 e. The summed E-state index contributed by atoms with van der Waals surface area (Å²) in [6, 6.07) is 5.27. The lowest BCUT2D eigenvalue weighted by Crippen LogP contribution is -2.34. The van der Waals surface area contributed by atoms with Crippen molar-refractivity contribution in [3.05, 3.63) is 67.8 Å². The minimum absolute atomic E-state index is 0.000156. The molecule has 0 aliphatic rings. The fraction of sp³-hybridized carbons (Fsp3) is 0.745. The third-order valence-corrected chi connectivity index (χ3v) is 10.0. The topological polar surface area (TPSA) is 0 Å². The summed E-state index contributed by atoms with van der Waals surface area (Å²) in [4.78, 5) is 0. The van der Waals surface area contributed by atoms with Crippen molar-refractivity contribution in [1.82, 2.24) is 0 Å². The molecular formula is C47H80. The maximum atomic E-state index is 2.64. The normalized spacial score (nSPS) is 15.3. The maximum Gasteiger partial charge on any atom is -0.0126 e. The molecule has 0 N–H and O–H groups in total. The van der Waals surface area contributed by atoms with Crippen LogP contribution in [0.15, 0.2) is 12.1 Å². The van der Waals surface area contributed by atoms with Gasteiger partial charge in [0.05, 0.1) is 0 Å². The third kappa shape index (κ3) is 8.97. The van der Waals surface area contributed by atoms with E-state index in [0.717, 1.165) is 6.42 Å². The SMILES string of the molecule is CC(Cc1c(C(C)(C)C)cc(C(C)(C)C)c(C(C)(C)C)c1C(C)(C)C)c1c(C(C)(C)C)cc(C(C)(C)C)c(C(C)(C)C)c1C(C)(C)C. The first-order valence-corrected chi connectivity index (χ1v) is 18.8. The smallest absolute Gasteiger partial charge is 0.0126 e. The van der Waals surface area contributed by atoms with Crippen LogP contribution in [0.25, 0.3) is 0 Å². The zero-order valence-electron chi connectivity index (χ0n) is 36.4. The molecule has 1 atom stereocenters. The van der Waals surface area contributed by atoms with Gasteiger partial charge in [-0.2, -0.15) is 0 Å². The van der Waals surface area contributed by atoms with Crippen LogP contribution < -0.4 is 0 Å². The first kappa shape index (κ1) is 41.6. The third-order valence-electron chi connectivity index (χ3n) is 10.0. The second-order valence-electron chi connectivity index (χ2n) is 23.4. The molecular weight excluding hydrogens is 565 g/mol. The molecule has 0 heterocycles. The zero-order chi connectivity index (χ0) is 37.5. The van der Waals surface area contributed by atoms with Gasteiger partial charge in [-0.15, -0.1) is 0 Å². The lowest BCUT2D eigenvalue weighted by molar-refractivity contribution is 0.472. The number of hydrogen-bond acceptors (Lipinski definition) is 0. The summed E-state index contributed by atoms with van der Waals surface area (Å²) in [7, 11) is 0. The van der Waals surface area contributed by atoms with Gasteiger partial charge in [0, 0.05) is 0 Å². The highest BCUT2D eigenvalue weighted by Crippen LogP contribution is 2.51. The predicted molar refractivity (Wildman–Crippen MR) is 215 cm³/mol. The Hall–Kier alpha value is -1.56. The minimum Gasteiger partial charge on any atom is -0.0581 e. The number of benzene rings is 2. The van der Waals surface area contributed by atoms with Gasteiger partial charge in [0.2, 0.25) is 0 Å². The molecule has 0 aromatic heterocycles. The Kier molecular flexibility index (Phi) is 10.9. The zero-order valence-corrected chi connectivity index (χ0v) is 36.4. The molecule has 0 fully saturated rings. The second-order valence-corrected chi connectivity index (χ2v) is 23.4. The Morgan fingerprint density at radius 3 is 0.894 bits per heavy atom. The molecule has 0 saturated carbocycles. The number of rotatable bonds is 3. The molecule has 0 nitrogen and oxygen atoms in total. The second kappa shape index (κ2) is 12.3. The van der Waals surface area contributed by atoms with E-state index in [1.807, 2.05) is 0 Å². The first-order valence-electron chi connectivity index (χ1n) is 18.8. The fourth-order valence-electron chi connectivity index (χ4n) is 8.19. The van der Waals surface area contributed by atoms with E-state index in [-0.39, 0.29) is 43.3 Å². The van der Waals surface area contributed by atoms with Gasteiger partial charge in [0.25, 0.3) is 0 Å². The van der Waals surface area contributed by atoms with Crippen molar-refractivity contribution in [3.8, 4) is 0 Å². The lowest BCUT2D eigenvalue weighted by Gasteiger charge is -2.43. The van der Waals surface area contributed by atoms with Crippen LogP contribution in [0.3, 0.4) is 0 Å². The Bertz CT molecular complexity index is 1430. The van der Waals surface area contributed by atoms with Crippen LogP contribution in [0.2, 0.25) is 0 Å². The number of hydrogen-bond donors (Lipinski definition) is 0. The van der Waals surface area contributed by atoms with E-state index in [1.165, 1.54) is 22.3 Å². The maximum absolute atomic E-state index is 2.64. The fourth-order valence-corrected chi connectivity index (χ4v) is 8.19. The summed E-state index contributed by atoms with van der Waals surface area (Å²) in [5.41, 5.74) is 15.8. The summed E-state index contributed by atoms with van der Waals surface area (Å²) in [6.07, 6.45) is 1.04. The monoisotopic (exact) mass is 645 g/mol. The summed E-state index contributed by atoms with van der Waals surface area (Å²) in [5, 5.41) is 0. The molecule has 0 spiro atoms. The van der Waals surface area contributed by atoms with Gasteiger partial charge in [0.1, 0.15) is 0 Å². The van der Waals surface area contributed by atoms with Gasteiger partial charge in [-0.1, -0.05) is 185 Å². The van der Waals surface area contributed by atoms with Crippen molar-refractivity contribution in [2.45, 2.75) is 229 Å². The van der Waals surface area contributed by atoms with E-state index in [2.05, 4.69) is 185 Å². The molecule has 2 aromatic carbocycles. The van der Waals surface area contributed by atoms with Crippen molar-refractivity contribution in [2.24, 2.45) is 0 Å². The minimum atomic E-state index is -0.000156. The summed E-state index contributed by atoms with van der Waals surface area (Å²) >= 11 is 0. The molecule has 0 saturated heterocycles. The highest BCUT2D eigenvalue weighted by molar-refractivity contribution is 5.60. The van der Waals surface area contributed by atoms with Gasteiger partial charge >= 0.3 is 0 Å².